The Morgan fingerprint density at radius 3 is 1.70 bits per heavy atom. The number of benzene rings is 2. The van der Waals surface area contributed by atoms with Crippen LogP contribution in [0, 0.1) is 0 Å². The molecule has 0 fully saturated rings. The highest BCUT2D eigenvalue weighted by Gasteiger charge is 2.16. The van der Waals surface area contributed by atoms with Gasteiger partial charge in [0, 0.05) is 11.4 Å². The van der Waals surface area contributed by atoms with Crippen molar-refractivity contribution in [2.45, 2.75) is 25.7 Å². The molecule has 0 atom stereocenters. The lowest BCUT2D eigenvalue weighted by Gasteiger charge is -2.13. The van der Waals surface area contributed by atoms with Crippen LogP contribution < -0.4 is 10.6 Å². The number of carbonyl (C=O) groups excluding carboxylic acids is 1. The largest absolute Gasteiger partial charge is 0.323 e. The van der Waals surface area contributed by atoms with Crippen molar-refractivity contribution >= 4 is 17.4 Å². The van der Waals surface area contributed by atoms with Crippen LogP contribution in [-0.2, 0) is 25.7 Å². The SMILES string of the molecule is O=C1Nc2cc3ccc2CCc2ccc(cc2N1)CC3. The monoisotopic (exact) mass is 264 g/mol. The second kappa shape index (κ2) is 4.37. The van der Waals surface area contributed by atoms with Gasteiger partial charge in [-0.25, -0.2) is 4.79 Å². The Kier molecular flexibility index (Phi) is 2.52. The molecule has 2 amide bonds. The van der Waals surface area contributed by atoms with E-state index in [2.05, 4.69) is 47.0 Å². The zero-order valence-electron chi connectivity index (χ0n) is 11.2. The molecule has 100 valence electrons. The summed E-state index contributed by atoms with van der Waals surface area (Å²) in [5.74, 6) is 0. The summed E-state index contributed by atoms with van der Waals surface area (Å²) in [6, 6.07) is 12.8. The molecule has 3 heteroatoms. The smallest absolute Gasteiger partial charge is 0.307 e. The Morgan fingerprint density at radius 1 is 0.700 bits per heavy atom. The number of nitrogens with one attached hydrogen (secondary N) is 2. The molecule has 0 saturated carbocycles. The second-order valence-corrected chi connectivity index (χ2v) is 5.56. The van der Waals surface area contributed by atoms with Gasteiger partial charge in [-0.15, -0.1) is 0 Å². The molecular weight excluding hydrogens is 248 g/mol. The number of rotatable bonds is 0. The van der Waals surface area contributed by atoms with E-state index in [1.807, 2.05) is 0 Å². The topological polar surface area (TPSA) is 41.1 Å². The summed E-state index contributed by atoms with van der Waals surface area (Å²) in [5.41, 5.74) is 6.87. The van der Waals surface area contributed by atoms with E-state index in [4.69, 9.17) is 0 Å². The van der Waals surface area contributed by atoms with Crippen LogP contribution in [0.3, 0.4) is 0 Å². The van der Waals surface area contributed by atoms with Gasteiger partial charge < -0.3 is 10.6 Å². The van der Waals surface area contributed by atoms with E-state index < -0.39 is 0 Å². The van der Waals surface area contributed by atoms with Crippen molar-refractivity contribution in [2.24, 2.45) is 0 Å². The van der Waals surface area contributed by atoms with Crippen LogP contribution in [0.1, 0.15) is 22.3 Å². The van der Waals surface area contributed by atoms with Crippen molar-refractivity contribution in [1.29, 1.82) is 0 Å². The maximum absolute atomic E-state index is 12.1. The molecule has 0 aromatic heterocycles. The van der Waals surface area contributed by atoms with Crippen molar-refractivity contribution < 1.29 is 4.79 Å². The van der Waals surface area contributed by atoms with Gasteiger partial charge in [0.1, 0.15) is 0 Å². The average Bonchev–Trinajstić information content (AvgIpc) is 2.47. The minimum atomic E-state index is -0.148. The van der Waals surface area contributed by atoms with Crippen LogP contribution in [0.2, 0.25) is 0 Å². The molecule has 2 aromatic rings. The van der Waals surface area contributed by atoms with Gasteiger partial charge in [-0.3, -0.25) is 0 Å². The number of anilines is 2. The fraction of sp³-hybridized carbons (Fsp3) is 0.235. The number of hydrogen-bond donors (Lipinski definition) is 2. The standard InChI is InChI=1S/C17H16N2O/c20-17-18-15-9-11-1-2-12-4-6-14(16(10-12)19-17)8-7-13(15)5-3-11/h3-6,9-10H,1-2,7-8H2,(H2,18,19,20). The van der Waals surface area contributed by atoms with Crippen molar-refractivity contribution in [3.05, 3.63) is 58.7 Å². The Bertz CT molecular complexity index is 647. The van der Waals surface area contributed by atoms with E-state index in [1.165, 1.54) is 22.3 Å². The predicted molar refractivity (Wildman–Crippen MR) is 80.3 cm³/mol. The van der Waals surface area contributed by atoms with Crippen LogP contribution >= 0.6 is 0 Å². The highest BCUT2D eigenvalue weighted by Crippen LogP contribution is 2.28. The molecule has 2 N–H and O–H groups in total. The first-order valence-electron chi connectivity index (χ1n) is 7.09. The highest BCUT2D eigenvalue weighted by atomic mass is 16.2. The molecule has 0 saturated heterocycles. The van der Waals surface area contributed by atoms with Crippen LogP contribution in [0.15, 0.2) is 36.4 Å². The first-order chi connectivity index (χ1) is 9.78. The van der Waals surface area contributed by atoms with Gasteiger partial charge in [0.05, 0.1) is 0 Å². The molecule has 0 aliphatic carbocycles. The number of urea groups is 1. The maximum atomic E-state index is 12.1. The van der Waals surface area contributed by atoms with E-state index in [1.54, 1.807) is 0 Å². The van der Waals surface area contributed by atoms with E-state index in [0.29, 0.717) is 0 Å². The Labute approximate surface area is 118 Å². The van der Waals surface area contributed by atoms with Gasteiger partial charge >= 0.3 is 6.03 Å². The molecule has 0 radical (unpaired) electrons. The van der Waals surface area contributed by atoms with Crippen LogP contribution in [0.4, 0.5) is 16.2 Å². The van der Waals surface area contributed by atoms with E-state index in [-0.39, 0.29) is 6.03 Å². The molecule has 20 heavy (non-hydrogen) atoms. The summed E-state index contributed by atoms with van der Waals surface area (Å²) < 4.78 is 0. The molecule has 2 aliphatic rings. The predicted octanol–water partition coefficient (Wildman–Crippen LogP) is 3.53. The van der Waals surface area contributed by atoms with Crippen LogP contribution in [0.5, 0.6) is 0 Å². The minimum absolute atomic E-state index is 0.148. The van der Waals surface area contributed by atoms with E-state index in [9.17, 15) is 4.79 Å². The van der Waals surface area contributed by atoms with Crippen molar-refractivity contribution in [3.8, 4) is 0 Å². The third-order valence-corrected chi connectivity index (χ3v) is 4.21. The van der Waals surface area contributed by atoms with Gasteiger partial charge in [-0.2, -0.15) is 0 Å². The van der Waals surface area contributed by atoms with Crippen LogP contribution in [-0.4, -0.2) is 6.03 Å². The third kappa shape index (κ3) is 1.95. The van der Waals surface area contributed by atoms with Gasteiger partial charge in [0.2, 0.25) is 0 Å². The van der Waals surface area contributed by atoms with Crippen molar-refractivity contribution in [3.63, 3.8) is 0 Å². The van der Waals surface area contributed by atoms with Crippen molar-refractivity contribution in [1.82, 2.24) is 0 Å². The lowest BCUT2D eigenvalue weighted by molar-refractivity contribution is 0.262. The number of aryl methyl sites for hydroxylation is 4. The van der Waals surface area contributed by atoms with Gasteiger partial charge in [0.15, 0.2) is 0 Å². The second-order valence-electron chi connectivity index (χ2n) is 5.56. The van der Waals surface area contributed by atoms with Crippen molar-refractivity contribution in [2.75, 3.05) is 10.6 Å². The Morgan fingerprint density at radius 2 is 1.20 bits per heavy atom. The van der Waals surface area contributed by atoms with E-state index >= 15 is 0 Å². The van der Waals surface area contributed by atoms with Gasteiger partial charge in [0.25, 0.3) is 0 Å². The average molecular weight is 264 g/mol. The number of fused-ring (bicyclic) bond motifs is 4. The Hall–Kier alpha value is -2.29. The lowest BCUT2D eigenvalue weighted by Crippen LogP contribution is -2.20. The quantitative estimate of drug-likeness (QED) is 0.751. The molecule has 0 unspecified atom stereocenters. The molecule has 2 aliphatic heterocycles. The summed E-state index contributed by atoms with van der Waals surface area (Å²) in [7, 11) is 0. The number of amides is 2. The summed E-state index contributed by atoms with van der Waals surface area (Å²) in [6.07, 6.45) is 3.90. The molecule has 4 rings (SSSR count). The highest BCUT2D eigenvalue weighted by molar-refractivity contribution is 6.01. The first kappa shape index (κ1) is 11.5. The lowest BCUT2D eigenvalue weighted by atomic mass is 9.95. The van der Waals surface area contributed by atoms with Gasteiger partial charge in [-0.1, -0.05) is 24.3 Å². The molecule has 3 nitrogen and oxygen atoms in total. The molecule has 2 heterocycles. The number of carbonyl (C=O) groups is 1. The summed E-state index contributed by atoms with van der Waals surface area (Å²) in [5, 5.41) is 5.98. The molecular formula is C17H16N2O. The zero-order valence-corrected chi connectivity index (χ0v) is 11.2. The molecule has 4 bridgehead atoms. The van der Waals surface area contributed by atoms with E-state index in [0.717, 1.165) is 37.1 Å². The minimum Gasteiger partial charge on any atom is -0.307 e. The van der Waals surface area contributed by atoms with Crippen LogP contribution in [0.25, 0.3) is 0 Å². The maximum Gasteiger partial charge on any atom is 0.323 e. The normalized spacial score (nSPS) is 16.1. The summed E-state index contributed by atoms with van der Waals surface area (Å²) in [6.45, 7) is 0. The third-order valence-electron chi connectivity index (χ3n) is 4.21. The summed E-state index contributed by atoms with van der Waals surface area (Å²) >= 11 is 0. The molecule has 0 spiro atoms. The Balaban J connectivity index is 1.95. The first-order valence-corrected chi connectivity index (χ1v) is 7.09. The fourth-order valence-corrected chi connectivity index (χ4v) is 3.06. The van der Waals surface area contributed by atoms with Gasteiger partial charge in [-0.05, 0) is 60.1 Å². The fourth-order valence-electron chi connectivity index (χ4n) is 3.06. The number of hydrogen-bond acceptors (Lipinski definition) is 1. The summed E-state index contributed by atoms with van der Waals surface area (Å²) in [4.78, 5) is 12.1. The zero-order chi connectivity index (χ0) is 13.5. The molecule has 2 aromatic carbocycles.